The fourth-order valence-electron chi connectivity index (χ4n) is 0.998. The number of aromatic carboxylic acids is 1. The van der Waals surface area contributed by atoms with Crippen LogP contribution in [0.3, 0.4) is 0 Å². The van der Waals surface area contributed by atoms with Crippen LogP contribution in [0.1, 0.15) is 30.0 Å². The smallest absolute Gasteiger partial charge is 0.356 e. The molecular weight excluding hydrogens is 184 g/mol. The van der Waals surface area contributed by atoms with Crippen molar-refractivity contribution < 1.29 is 14.6 Å². The molecule has 0 fully saturated rings. The summed E-state index contributed by atoms with van der Waals surface area (Å²) in [4.78, 5) is 10.6. The van der Waals surface area contributed by atoms with Gasteiger partial charge in [-0.1, -0.05) is 0 Å². The molecule has 5 nitrogen and oxygen atoms in total. The molecule has 0 unspecified atom stereocenters. The molecule has 5 heteroatoms. The van der Waals surface area contributed by atoms with Crippen LogP contribution < -0.4 is 0 Å². The minimum Gasteiger partial charge on any atom is -0.476 e. The highest BCUT2D eigenvalue weighted by Gasteiger charge is 2.11. The molecule has 0 bridgehead atoms. The van der Waals surface area contributed by atoms with E-state index in [1.165, 1.54) is 10.7 Å². The maximum Gasteiger partial charge on any atom is 0.356 e. The average Bonchev–Trinajstić information content (AvgIpc) is 2.43. The summed E-state index contributed by atoms with van der Waals surface area (Å²) in [6, 6.07) is 1.52. The maximum absolute atomic E-state index is 10.6. The van der Waals surface area contributed by atoms with E-state index in [4.69, 9.17) is 9.84 Å². The third-order valence-corrected chi connectivity index (χ3v) is 1.76. The minimum atomic E-state index is -1.02. The molecule has 1 rings (SSSR count). The molecule has 0 saturated carbocycles. The van der Waals surface area contributed by atoms with E-state index in [1.54, 1.807) is 7.05 Å². The first-order valence-electron chi connectivity index (χ1n) is 4.38. The maximum atomic E-state index is 10.6. The van der Waals surface area contributed by atoms with Gasteiger partial charge in [-0.2, -0.15) is 5.10 Å². The van der Waals surface area contributed by atoms with Crippen molar-refractivity contribution in [3.8, 4) is 0 Å². The molecular formula is C9H14N2O3. The number of hydrogen-bond acceptors (Lipinski definition) is 3. The van der Waals surface area contributed by atoms with Gasteiger partial charge < -0.3 is 9.84 Å². The number of aryl methyl sites for hydroxylation is 1. The van der Waals surface area contributed by atoms with Gasteiger partial charge in [0.1, 0.15) is 0 Å². The van der Waals surface area contributed by atoms with Gasteiger partial charge >= 0.3 is 5.97 Å². The van der Waals surface area contributed by atoms with Gasteiger partial charge in [-0.3, -0.25) is 4.68 Å². The van der Waals surface area contributed by atoms with E-state index < -0.39 is 5.97 Å². The number of aromatic nitrogens is 2. The zero-order valence-corrected chi connectivity index (χ0v) is 8.52. The Morgan fingerprint density at radius 3 is 2.79 bits per heavy atom. The summed E-state index contributed by atoms with van der Waals surface area (Å²) < 4.78 is 6.87. The highest BCUT2D eigenvalue weighted by atomic mass is 16.5. The van der Waals surface area contributed by atoms with E-state index in [0.29, 0.717) is 6.61 Å². The third-order valence-electron chi connectivity index (χ3n) is 1.76. The zero-order chi connectivity index (χ0) is 10.7. The molecule has 78 valence electrons. The summed E-state index contributed by atoms with van der Waals surface area (Å²) in [5, 5.41) is 12.5. The summed E-state index contributed by atoms with van der Waals surface area (Å²) in [7, 11) is 1.70. The van der Waals surface area contributed by atoms with Crippen LogP contribution in [0.25, 0.3) is 0 Å². The van der Waals surface area contributed by atoms with E-state index in [-0.39, 0.29) is 11.8 Å². The second-order valence-corrected chi connectivity index (χ2v) is 3.31. The molecule has 1 aromatic heterocycles. The van der Waals surface area contributed by atoms with E-state index in [2.05, 4.69) is 5.10 Å². The molecule has 14 heavy (non-hydrogen) atoms. The molecule has 0 atom stereocenters. The number of hydrogen-bond donors (Lipinski definition) is 1. The summed E-state index contributed by atoms with van der Waals surface area (Å²) >= 11 is 0. The number of carboxylic acid groups (broad SMARTS) is 1. The van der Waals surface area contributed by atoms with Gasteiger partial charge in [-0.05, 0) is 19.9 Å². The van der Waals surface area contributed by atoms with E-state index in [9.17, 15) is 4.79 Å². The van der Waals surface area contributed by atoms with E-state index in [1.807, 2.05) is 13.8 Å². The highest BCUT2D eigenvalue weighted by Crippen LogP contribution is 2.06. The van der Waals surface area contributed by atoms with E-state index >= 15 is 0 Å². The van der Waals surface area contributed by atoms with Crippen molar-refractivity contribution in [2.24, 2.45) is 7.05 Å². The molecule has 1 N–H and O–H groups in total. The largest absolute Gasteiger partial charge is 0.476 e. The Bertz CT molecular complexity index is 331. The van der Waals surface area contributed by atoms with E-state index in [0.717, 1.165) is 5.69 Å². The SMILES string of the molecule is CC(C)OCc1cc(C(=O)O)nn1C. The highest BCUT2D eigenvalue weighted by molar-refractivity contribution is 5.85. The number of nitrogens with zero attached hydrogens (tertiary/aromatic N) is 2. The first-order chi connectivity index (χ1) is 6.50. The van der Waals surface area contributed by atoms with Crippen LogP contribution in [-0.2, 0) is 18.4 Å². The summed E-state index contributed by atoms with van der Waals surface area (Å²) in [5.41, 5.74) is 0.811. The summed E-state index contributed by atoms with van der Waals surface area (Å²) in [6.45, 7) is 4.23. The van der Waals surface area contributed by atoms with Crippen molar-refractivity contribution in [1.82, 2.24) is 9.78 Å². The predicted octanol–water partition coefficient (Wildman–Crippen LogP) is 1.04. The van der Waals surface area contributed by atoms with Crippen LogP contribution >= 0.6 is 0 Å². The molecule has 0 radical (unpaired) electrons. The summed E-state index contributed by atoms with van der Waals surface area (Å²) in [6.07, 6.45) is 0.123. The van der Waals surface area contributed by atoms with Crippen molar-refractivity contribution >= 4 is 5.97 Å². The van der Waals surface area contributed by atoms with Gasteiger partial charge in [0.2, 0.25) is 0 Å². The lowest BCUT2D eigenvalue weighted by Crippen LogP contribution is -2.06. The van der Waals surface area contributed by atoms with Crippen LogP contribution in [0, 0.1) is 0 Å². The van der Waals surface area contributed by atoms with Gasteiger partial charge in [0.25, 0.3) is 0 Å². The quantitative estimate of drug-likeness (QED) is 0.785. The molecule has 0 saturated heterocycles. The zero-order valence-electron chi connectivity index (χ0n) is 8.52. The second-order valence-electron chi connectivity index (χ2n) is 3.31. The molecule has 0 aromatic carbocycles. The van der Waals surface area contributed by atoms with Crippen LogP contribution in [0.5, 0.6) is 0 Å². The Morgan fingerprint density at radius 2 is 2.36 bits per heavy atom. The van der Waals surface area contributed by atoms with Gasteiger partial charge in [0, 0.05) is 7.05 Å². The van der Waals surface area contributed by atoms with Crippen LogP contribution in [0.2, 0.25) is 0 Å². The Kier molecular flexibility index (Phi) is 3.24. The topological polar surface area (TPSA) is 64.3 Å². The molecule has 0 spiro atoms. The molecule has 0 aliphatic heterocycles. The fraction of sp³-hybridized carbons (Fsp3) is 0.556. The van der Waals surface area contributed by atoms with Gasteiger partial charge in [0.05, 0.1) is 18.4 Å². The Balaban J connectivity index is 2.72. The number of carbonyl (C=O) groups is 1. The molecule has 1 heterocycles. The van der Waals surface area contributed by atoms with Crippen molar-refractivity contribution in [2.45, 2.75) is 26.6 Å². The average molecular weight is 198 g/mol. The molecule has 0 aliphatic rings. The molecule has 1 aromatic rings. The lowest BCUT2D eigenvalue weighted by molar-refractivity contribution is 0.0617. The normalized spacial score (nSPS) is 10.9. The van der Waals surface area contributed by atoms with Gasteiger partial charge in [0.15, 0.2) is 5.69 Å². The first-order valence-corrected chi connectivity index (χ1v) is 4.38. The van der Waals surface area contributed by atoms with Gasteiger partial charge in [-0.15, -0.1) is 0 Å². The van der Waals surface area contributed by atoms with Crippen molar-refractivity contribution in [3.63, 3.8) is 0 Å². The van der Waals surface area contributed by atoms with Crippen molar-refractivity contribution in [3.05, 3.63) is 17.5 Å². The Hall–Kier alpha value is -1.36. The number of carboxylic acids is 1. The van der Waals surface area contributed by atoms with Gasteiger partial charge in [-0.25, -0.2) is 4.79 Å². The molecule has 0 aliphatic carbocycles. The molecule has 0 amide bonds. The Labute approximate surface area is 82.3 Å². The Morgan fingerprint density at radius 1 is 1.71 bits per heavy atom. The number of rotatable bonds is 4. The lowest BCUT2D eigenvalue weighted by Gasteiger charge is -2.06. The minimum absolute atomic E-state index is 0.0508. The standard InChI is InChI=1S/C9H14N2O3/c1-6(2)14-5-7-4-8(9(12)13)10-11(7)3/h4,6H,5H2,1-3H3,(H,12,13). The number of ether oxygens (including phenoxy) is 1. The van der Waals surface area contributed by atoms with Crippen LogP contribution in [-0.4, -0.2) is 27.0 Å². The van der Waals surface area contributed by atoms with Crippen molar-refractivity contribution in [1.29, 1.82) is 0 Å². The second kappa shape index (κ2) is 4.23. The van der Waals surface area contributed by atoms with Crippen LogP contribution in [0.4, 0.5) is 0 Å². The third kappa shape index (κ3) is 2.56. The predicted molar refractivity (Wildman–Crippen MR) is 50.1 cm³/mol. The van der Waals surface area contributed by atoms with Crippen LogP contribution in [0.15, 0.2) is 6.07 Å². The summed E-state index contributed by atoms with van der Waals surface area (Å²) in [5.74, 6) is -1.02. The first kappa shape index (κ1) is 10.7. The lowest BCUT2D eigenvalue weighted by atomic mass is 10.3. The van der Waals surface area contributed by atoms with Crippen molar-refractivity contribution in [2.75, 3.05) is 0 Å². The monoisotopic (exact) mass is 198 g/mol. The fourth-order valence-corrected chi connectivity index (χ4v) is 0.998.